The molecule has 2 N–H and O–H groups in total. The molecule has 3 heterocycles. The molecule has 144 valence electrons. The number of nitrogens with zero attached hydrogens (tertiary/aromatic N) is 1. The van der Waals surface area contributed by atoms with Crippen molar-refractivity contribution in [3.05, 3.63) is 81.5 Å². The first-order valence-corrected chi connectivity index (χ1v) is 9.37. The lowest BCUT2D eigenvalue weighted by molar-refractivity contribution is 0.0697. The van der Waals surface area contributed by atoms with Crippen LogP contribution in [0.1, 0.15) is 46.4 Å². The van der Waals surface area contributed by atoms with Crippen molar-refractivity contribution >= 4 is 5.97 Å². The van der Waals surface area contributed by atoms with Crippen molar-refractivity contribution in [1.29, 1.82) is 0 Å². The number of aromatic carboxylic acids is 1. The van der Waals surface area contributed by atoms with Crippen molar-refractivity contribution in [2.45, 2.75) is 32.4 Å². The van der Waals surface area contributed by atoms with Crippen LogP contribution in [0.25, 0.3) is 11.3 Å². The van der Waals surface area contributed by atoms with Crippen molar-refractivity contribution < 1.29 is 14.3 Å². The second-order valence-corrected chi connectivity index (χ2v) is 7.20. The van der Waals surface area contributed by atoms with Gasteiger partial charge in [0.15, 0.2) is 5.43 Å². The number of hydrogen-bond donors (Lipinski definition) is 2. The summed E-state index contributed by atoms with van der Waals surface area (Å²) in [5.41, 5.74) is 2.61. The number of benzene rings is 1. The van der Waals surface area contributed by atoms with Gasteiger partial charge >= 0.3 is 5.97 Å². The van der Waals surface area contributed by atoms with Gasteiger partial charge in [0.2, 0.25) is 0 Å². The molecule has 6 nitrogen and oxygen atoms in total. The minimum absolute atomic E-state index is 0.0173. The SMILES string of the molecule is Cc1cc(=O)cc([C@H]2CCCN2Cc2ccc(-c3ccccc3C(=O)O)o2)[nH]1. The lowest BCUT2D eigenvalue weighted by atomic mass is 10.1. The summed E-state index contributed by atoms with van der Waals surface area (Å²) in [4.78, 5) is 28.9. The van der Waals surface area contributed by atoms with Crippen molar-refractivity contribution in [1.82, 2.24) is 9.88 Å². The van der Waals surface area contributed by atoms with Gasteiger partial charge in [0.25, 0.3) is 0 Å². The van der Waals surface area contributed by atoms with Gasteiger partial charge in [-0.2, -0.15) is 0 Å². The minimum Gasteiger partial charge on any atom is -0.478 e. The lowest BCUT2D eigenvalue weighted by Gasteiger charge is -2.23. The fraction of sp³-hybridized carbons (Fsp3) is 0.273. The highest BCUT2D eigenvalue weighted by atomic mass is 16.4. The quantitative estimate of drug-likeness (QED) is 0.701. The van der Waals surface area contributed by atoms with E-state index >= 15 is 0 Å². The number of carbonyl (C=O) groups is 1. The van der Waals surface area contributed by atoms with E-state index in [2.05, 4.69) is 9.88 Å². The topological polar surface area (TPSA) is 86.5 Å². The normalized spacial score (nSPS) is 17.1. The van der Waals surface area contributed by atoms with Crippen molar-refractivity contribution in [2.24, 2.45) is 0 Å². The second kappa shape index (κ2) is 7.48. The van der Waals surface area contributed by atoms with E-state index in [9.17, 15) is 14.7 Å². The van der Waals surface area contributed by atoms with Crippen LogP contribution >= 0.6 is 0 Å². The summed E-state index contributed by atoms with van der Waals surface area (Å²) in [6.45, 7) is 3.42. The van der Waals surface area contributed by atoms with Crippen LogP contribution in [0, 0.1) is 6.92 Å². The van der Waals surface area contributed by atoms with Gasteiger partial charge in [-0.25, -0.2) is 4.79 Å². The Labute approximate surface area is 162 Å². The third-order valence-corrected chi connectivity index (χ3v) is 5.16. The molecule has 0 aliphatic carbocycles. The molecule has 0 radical (unpaired) electrons. The van der Waals surface area contributed by atoms with Crippen molar-refractivity contribution in [3.63, 3.8) is 0 Å². The summed E-state index contributed by atoms with van der Waals surface area (Å²) in [6, 6.07) is 14.0. The molecule has 0 saturated carbocycles. The highest BCUT2D eigenvalue weighted by Gasteiger charge is 2.28. The summed E-state index contributed by atoms with van der Waals surface area (Å²) < 4.78 is 5.98. The van der Waals surface area contributed by atoms with Crippen LogP contribution in [-0.2, 0) is 6.54 Å². The van der Waals surface area contributed by atoms with E-state index < -0.39 is 5.97 Å². The zero-order valence-corrected chi connectivity index (χ0v) is 15.6. The number of aryl methyl sites for hydroxylation is 1. The van der Waals surface area contributed by atoms with Crippen LogP contribution in [0.4, 0.5) is 0 Å². The Morgan fingerprint density at radius 2 is 2.07 bits per heavy atom. The predicted octanol–water partition coefficient (Wildman–Crippen LogP) is 3.98. The summed E-state index contributed by atoms with van der Waals surface area (Å²) in [5, 5.41) is 9.39. The first-order chi connectivity index (χ1) is 13.5. The Morgan fingerprint density at radius 1 is 1.25 bits per heavy atom. The van der Waals surface area contributed by atoms with Crippen LogP contribution in [0.3, 0.4) is 0 Å². The number of carboxylic acids is 1. The fourth-order valence-electron chi connectivity index (χ4n) is 3.95. The molecule has 6 heteroatoms. The molecule has 0 amide bonds. The molecule has 3 aromatic rings. The molecule has 1 aliphatic heterocycles. The first kappa shape index (κ1) is 18.3. The van der Waals surface area contributed by atoms with Crippen LogP contribution < -0.4 is 5.43 Å². The average Bonchev–Trinajstić information content (AvgIpc) is 3.31. The smallest absolute Gasteiger partial charge is 0.336 e. The fourth-order valence-corrected chi connectivity index (χ4v) is 3.95. The summed E-state index contributed by atoms with van der Waals surface area (Å²) in [5.74, 6) is 0.348. The van der Waals surface area contributed by atoms with Gasteiger partial charge in [-0.15, -0.1) is 0 Å². The highest BCUT2D eigenvalue weighted by Crippen LogP contribution is 2.33. The van der Waals surface area contributed by atoms with Crippen molar-refractivity contribution in [2.75, 3.05) is 6.54 Å². The maximum Gasteiger partial charge on any atom is 0.336 e. The van der Waals surface area contributed by atoms with E-state index in [-0.39, 0.29) is 17.0 Å². The van der Waals surface area contributed by atoms with Gasteiger partial charge in [0, 0.05) is 29.1 Å². The van der Waals surface area contributed by atoms with E-state index in [0.717, 1.165) is 36.5 Å². The van der Waals surface area contributed by atoms with Gasteiger partial charge in [-0.05, 0) is 44.5 Å². The lowest BCUT2D eigenvalue weighted by Crippen LogP contribution is -2.24. The van der Waals surface area contributed by atoms with E-state index in [1.54, 1.807) is 36.4 Å². The van der Waals surface area contributed by atoms with Gasteiger partial charge in [0.1, 0.15) is 11.5 Å². The third kappa shape index (κ3) is 3.64. The molecule has 1 aliphatic rings. The molecule has 0 unspecified atom stereocenters. The largest absolute Gasteiger partial charge is 0.478 e. The number of nitrogens with one attached hydrogen (secondary N) is 1. The molecule has 1 atom stereocenters. The maximum atomic E-state index is 11.9. The van der Waals surface area contributed by atoms with Crippen LogP contribution in [0.2, 0.25) is 0 Å². The molecule has 1 fully saturated rings. The number of likely N-dealkylation sites (tertiary alicyclic amines) is 1. The number of hydrogen-bond acceptors (Lipinski definition) is 4. The Hall–Kier alpha value is -3.12. The van der Waals surface area contributed by atoms with Gasteiger partial charge in [-0.3, -0.25) is 9.69 Å². The van der Waals surface area contributed by atoms with Crippen LogP contribution in [-0.4, -0.2) is 27.5 Å². The third-order valence-electron chi connectivity index (χ3n) is 5.16. The predicted molar refractivity (Wildman–Crippen MR) is 105 cm³/mol. The summed E-state index contributed by atoms with van der Waals surface area (Å²) in [6.07, 6.45) is 2.03. The van der Waals surface area contributed by atoms with Crippen LogP contribution in [0.15, 0.2) is 57.7 Å². The molecule has 0 spiro atoms. The molecular formula is C22H22N2O4. The summed E-state index contributed by atoms with van der Waals surface area (Å²) >= 11 is 0. The number of H-pyrrole nitrogens is 1. The standard InChI is InChI=1S/C22H22N2O4/c1-14-11-15(25)12-19(23-14)20-7-4-10-24(20)13-16-8-9-21(28-16)17-5-2-3-6-18(17)22(26)27/h2-3,5-6,8-9,11-12,20H,4,7,10,13H2,1H3,(H,23,25)(H,26,27)/t20-/m1/s1. The maximum absolute atomic E-state index is 11.9. The Bertz CT molecular complexity index is 1070. The monoisotopic (exact) mass is 378 g/mol. The first-order valence-electron chi connectivity index (χ1n) is 9.37. The molecular weight excluding hydrogens is 356 g/mol. The number of aromatic amines is 1. The summed E-state index contributed by atoms with van der Waals surface area (Å²) in [7, 11) is 0. The van der Waals surface area contributed by atoms with E-state index in [1.807, 2.05) is 19.1 Å². The van der Waals surface area contributed by atoms with Gasteiger partial charge in [0.05, 0.1) is 18.2 Å². The van der Waals surface area contributed by atoms with E-state index in [0.29, 0.717) is 17.9 Å². The highest BCUT2D eigenvalue weighted by molar-refractivity contribution is 5.95. The Morgan fingerprint density at radius 3 is 2.86 bits per heavy atom. The molecule has 2 aromatic heterocycles. The molecule has 28 heavy (non-hydrogen) atoms. The van der Waals surface area contributed by atoms with E-state index in [1.165, 1.54) is 0 Å². The number of aromatic nitrogens is 1. The Balaban J connectivity index is 1.57. The number of carboxylic acid groups (broad SMARTS) is 1. The van der Waals surface area contributed by atoms with Gasteiger partial charge < -0.3 is 14.5 Å². The van der Waals surface area contributed by atoms with Crippen LogP contribution in [0.5, 0.6) is 0 Å². The second-order valence-electron chi connectivity index (χ2n) is 7.20. The number of furan rings is 1. The molecule has 4 rings (SSSR count). The Kier molecular flexibility index (Phi) is 4.88. The zero-order chi connectivity index (χ0) is 19.7. The van der Waals surface area contributed by atoms with Crippen molar-refractivity contribution in [3.8, 4) is 11.3 Å². The number of rotatable bonds is 5. The average molecular weight is 378 g/mol. The molecule has 1 saturated heterocycles. The van der Waals surface area contributed by atoms with Gasteiger partial charge in [-0.1, -0.05) is 18.2 Å². The minimum atomic E-state index is -0.975. The molecule has 1 aromatic carbocycles. The van der Waals surface area contributed by atoms with E-state index in [4.69, 9.17) is 4.42 Å². The molecule has 0 bridgehead atoms. The number of pyridine rings is 1. The zero-order valence-electron chi connectivity index (χ0n) is 15.6.